The van der Waals surface area contributed by atoms with E-state index in [1.165, 1.54) is 57.8 Å². The van der Waals surface area contributed by atoms with Crippen LogP contribution >= 0.6 is 7.82 Å². The number of unbranched alkanes of at least 4 members (excludes halogenated alkanes) is 15. The molecular formula is C36H65O8P. The molecule has 0 saturated heterocycles. The highest BCUT2D eigenvalue weighted by Gasteiger charge is 2.24. The van der Waals surface area contributed by atoms with Crippen LogP contribution in [-0.2, 0) is 32.7 Å². The van der Waals surface area contributed by atoms with Crippen LogP contribution in [0.4, 0.5) is 0 Å². The van der Waals surface area contributed by atoms with E-state index in [4.69, 9.17) is 14.0 Å². The van der Waals surface area contributed by atoms with Crippen LogP contribution < -0.4 is 0 Å². The number of phosphoric acid groups is 1. The quantitative estimate of drug-likeness (QED) is 0.0330. The third kappa shape index (κ3) is 32.0. The van der Waals surface area contributed by atoms with Gasteiger partial charge in [0.15, 0.2) is 6.10 Å². The van der Waals surface area contributed by atoms with Gasteiger partial charge in [0.1, 0.15) is 6.61 Å². The first-order valence-corrected chi connectivity index (χ1v) is 19.2. The summed E-state index contributed by atoms with van der Waals surface area (Å²) >= 11 is 0. The summed E-state index contributed by atoms with van der Waals surface area (Å²) in [6.07, 6.45) is 34.8. The molecular weight excluding hydrogens is 591 g/mol. The van der Waals surface area contributed by atoms with Crippen LogP contribution in [0.25, 0.3) is 0 Å². The van der Waals surface area contributed by atoms with Crippen molar-refractivity contribution >= 4 is 19.8 Å². The second kappa shape index (κ2) is 32.2. The zero-order valence-corrected chi connectivity index (χ0v) is 29.7. The highest BCUT2D eigenvalue weighted by atomic mass is 31.2. The number of carbonyl (C=O) groups is 2. The fourth-order valence-electron chi connectivity index (χ4n) is 4.67. The normalized spacial score (nSPS) is 14.0. The van der Waals surface area contributed by atoms with Crippen molar-refractivity contribution in [3.8, 4) is 0 Å². The molecule has 262 valence electrons. The lowest BCUT2D eigenvalue weighted by atomic mass is 10.1. The summed E-state index contributed by atoms with van der Waals surface area (Å²) < 4.78 is 31.8. The summed E-state index contributed by atoms with van der Waals surface area (Å²) in [6, 6.07) is 0. The topological polar surface area (TPSA) is 108 Å². The summed E-state index contributed by atoms with van der Waals surface area (Å²) in [4.78, 5) is 34.2. The molecule has 2 atom stereocenters. The number of carbonyl (C=O) groups excluding carboxylic acids is 2. The van der Waals surface area contributed by atoms with Crippen molar-refractivity contribution in [3.05, 3.63) is 36.5 Å². The summed E-state index contributed by atoms with van der Waals surface area (Å²) in [6.45, 7) is 3.73. The Labute approximate surface area is 275 Å². The minimum atomic E-state index is -4.25. The number of esters is 2. The first-order chi connectivity index (χ1) is 21.8. The number of allylic oxidation sites excluding steroid dienone is 6. The zero-order chi connectivity index (χ0) is 33.3. The van der Waals surface area contributed by atoms with Gasteiger partial charge in [0.05, 0.1) is 6.61 Å². The van der Waals surface area contributed by atoms with E-state index in [1.807, 2.05) is 0 Å². The summed E-state index contributed by atoms with van der Waals surface area (Å²) in [7, 11) is -3.20. The molecule has 0 saturated carbocycles. The lowest BCUT2D eigenvalue weighted by Gasteiger charge is -2.19. The van der Waals surface area contributed by atoms with E-state index in [0.29, 0.717) is 12.8 Å². The zero-order valence-electron chi connectivity index (χ0n) is 28.8. The van der Waals surface area contributed by atoms with E-state index >= 15 is 0 Å². The van der Waals surface area contributed by atoms with E-state index in [1.54, 1.807) is 0 Å². The molecule has 9 heteroatoms. The molecule has 0 radical (unpaired) electrons. The molecule has 0 rings (SSSR count). The van der Waals surface area contributed by atoms with Crippen molar-refractivity contribution in [2.75, 3.05) is 20.3 Å². The Morgan fingerprint density at radius 1 is 0.644 bits per heavy atom. The molecule has 0 bridgehead atoms. The fraction of sp³-hybridized carbons (Fsp3) is 0.778. The van der Waals surface area contributed by atoms with Crippen molar-refractivity contribution in [3.63, 3.8) is 0 Å². The number of phosphoric ester groups is 1. The summed E-state index contributed by atoms with van der Waals surface area (Å²) in [5.74, 6) is -0.819. The minimum absolute atomic E-state index is 0.228. The molecule has 0 spiro atoms. The Balaban J connectivity index is 4.08. The lowest BCUT2D eigenvalue weighted by Crippen LogP contribution is -2.29. The standard InChI is InChI=1S/C36H65O8P/c1-4-6-8-10-12-14-15-16-17-18-19-20-21-23-25-27-29-31-36(38)44-34(33-43-45(39,40)41-3)32-42-35(37)30-28-26-24-22-13-11-9-7-5-2/h6,8,12,14,16-17,34H,4-5,7,9-11,13,15,18-33H2,1-3H3,(H,39,40)/b8-6-,14-12-,17-16-. The van der Waals surface area contributed by atoms with Crippen molar-refractivity contribution in [2.45, 2.75) is 161 Å². The van der Waals surface area contributed by atoms with Crippen LogP contribution in [0.2, 0.25) is 0 Å². The average Bonchev–Trinajstić information content (AvgIpc) is 3.03. The fourth-order valence-corrected chi connectivity index (χ4v) is 5.13. The van der Waals surface area contributed by atoms with E-state index in [-0.39, 0.29) is 19.0 Å². The minimum Gasteiger partial charge on any atom is -0.462 e. The van der Waals surface area contributed by atoms with Gasteiger partial charge >= 0.3 is 19.8 Å². The van der Waals surface area contributed by atoms with Crippen molar-refractivity contribution in [1.29, 1.82) is 0 Å². The number of hydrogen-bond acceptors (Lipinski definition) is 7. The van der Waals surface area contributed by atoms with Crippen LogP contribution in [0.3, 0.4) is 0 Å². The second-order valence-corrected chi connectivity index (χ2v) is 13.2. The molecule has 0 heterocycles. The largest absolute Gasteiger partial charge is 0.472 e. The Morgan fingerprint density at radius 3 is 1.69 bits per heavy atom. The van der Waals surface area contributed by atoms with Crippen LogP contribution in [0.5, 0.6) is 0 Å². The molecule has 0 aliphatic heterocycles. The second-order valence-electron chi connectivity index (χ2n) is 11.6. The molecule has 1 N–H and O–H groups in total. The maximum atomic E-state index is 12.4. The van der Waals surface area contributed by atoms with Crippen molar-refractivity contribution < 1.29 is 37.6 Å². The van der Waals surface area contributed by atoms with Crippen molar-refractivity contribution in [2.24, 2.45) is 0 Å². The van der Waals surface area contributed by atoms with Gasteiger partial charge in [-0.2, -0.15) is 0 Å². The summed E-state index contributed by atoms with van der Waals surface area (Å²) in [5.41, 5.74) is 0. The molecule has 0 fully saturated rings. The van der Waals surface area contributed by atoms with Gasteiger partial charge in [0.25, 0.3) is 0 Å². The van der Waals surface area contributed by atoms with Gasteiger partial charge < -0.3 is 14.4 Å². The molecule has 45 heavy (non-hydrogen) atoms. The van der Waals surface area contributed by atoms with Gasteiger partial charge in [0, 0.05) is 20.0 Å². The van der Waals surface area contributed by atoms with Gasteiger partial charge in [-0.1, -0.05) is 134 Å². The molecule has 0 aromatic heterocycles. The molecule has 0 aliphatic rings. The molecule has 0 amide bonds. The van der Waals surface area contributed by atoms with E-state index < -0.39 is 26.5 Å². The third-order valence-electron chi connectivity index (χ3n) is 7.40. The monoisotopic (exact) mass is 656 g/mol. The number of rotatable bonds is 32. The number of hydrogen-bond donors (Lipinski definition) is 1. The van der Waals surface area contributed by atoms with Gasteiger partial charge in [-0.25, -0.2) is 4.57 Å². The Hall–Kier alpha value is -1.73. The Kier molecular flexibility index (Phi) is 31.0. The van der Waals surface area contributed by atoms with E-state index in [0.717, 1.165) is 71.3 Å². The maximum absolute atomic E-state index is 12.4. The Morgan fingerprint density at radius 2 is 1.13 bits per heavy atom. The van der Waals surface area contributed by atoms with Crippen LogP contribution in [0, 0.1) is 0 Å². The third-order valence-corrected chi connectivity index (χ3v) is 8.34. The summed E-state index contributed by atoms with van der Waals surface area (Å²) in [5, 5.41) is 0. The lowest BCUT2D eigenvalue weighted by molar-refractivity contribution is -0.161. The van der Waals surface area contributed by atoms with Gasteiger partial charge in [-0.3, -0.25) is 18.6 Å². The average molecular weight is 657 g/mol. The maximum Gasteiger partial charge on any atom is 0.472 e. The van der Waals surface area contributed by atoms with Crippen LogP contribution in [0.1, 0.15) is 155 Å². The highest BCUT2D eigenvalue weighted by Crippen LogP contribution is 2.42. The SMILES string of the molecule is CC/C=C\C/C=C\C/C=C\CCCCCCCCCC(=O)OC(COC(=O)CCCCCCCCCCC)COP(=O)(O)OC. The molecule has 0 aliphatic carbocycles. The first kappa shape index (κ1) is 43.3. The van der Waals surface area contributed by atoms with Gasteiger partial charge in [-0.05, 0) is 44.9 Å². The van der Waals surface area contributed by atoms with E-state index in [2.05, 4.69) is 54.8 Å². The van der Waals surface area contributed by atoms with E-state index in [9.17, 15) is 19.0 Å². The predicted octanol–water partition coefficient (Wildman–Crippen LogP) is 10.5. The first-order valence-electron chi connectivity index (χ1n) is 17.7. The highest BCUT2D eigenvalue weighted by molar-refractivity contribution is 7.47. The van der Waals surface area contributed by atoms with Crippen molar-refractivity contribution in [1.82, 2.24) is 0 Å². The predicted molar refractivity (Wildman–Crippen MR) is 184 cm³/mol. The molecule has 0 aromatic rings. The molecule has 2 unspecified atom stereocenters. The molecule has 0 aromatic carbocycles. The smallest absolute Gasteiger partial charge is 0.462 e. The van der Waals surface area contributed by atoms with Crippen LogP contribution in [0.15, 0.2) is 36.5 Å². The molecule has 8 nitrogen and oxygen atoms in total. The van der Waals surface area contributed by atoms with Crippen LogP contribution in [-0.4, -0.2) is 43.3 Å². The van der Waals surface area contributed by atoms with Gasteiger partial charge in [0.2, 0.25) is 0 Å². The Bertz CT molecular complexity index is 839. The van der Waals surface area contributed by atoms with Gasteiger partial charge in [-0.15, -0.1) is 0 Å². The number of ether oxygens (including phenoxy) is 2.